The zero-order chi connectivity index (χ0) is 71.5. The minimum atomic E-state index is -4.39. The maximum Gasteiger partial charge on any atom is 0.509 e. The molecule has 2 aliphatic rings. The number of Topliss-reactive ketones (excluding diaryl/α,β-unsaturated/α-hetero) is 1. The molecule has 0 unspecified atom stereocenters. The molecule has 18 nitrogen and oxygen atoms in total. The quantitative estimate of drug-likeness (QED) is 0.0145. The Morgan fingerprint density at radius 2 is 0.969 bits per heavy atom. The molecule has 0 bridgehead atoms. The van der Waals surface area contributed by atoms with Gasteiger partial charge in [0.05, 0.1) is 38.6 Å². The average Bonchev–Trinajstić information content (AvgIpc) is 0.784. The fourth-order valence-electron chi connectivity index (χ4n) is 12.5. The van der Waals surface area contributed by atoms with Gasteiger partial charge in [-0.1, -0.05) is 271 Å². The Kier molecular flexibility index (Phi) is 56.1. The number of nitrogens with one attached hydrogen (secondary N) is 2. The molecule has 2 fully saturated rings. The number of ether oxygens (including phenoxy) is 8. The van der Waals surface area contributed by atoms with Crippen LogP contribution in [-0.4, -0.2) is 125 Å². The first-order chi connectivity index (χ1) is 47.8. The van der Waals surface area contributed by atoms with E-state index >= 15 is 0 Å². The Balaban J connectivity index is 2.69. The van der Waals surface area contributed by atoms with Crippen molar-refractivity contribution in [3.05, 3.63) is 62.5 Å². The Labute approximate surface area is 595 Å². The van der Waals surface area contributed by atoms with Crippen molar-refractivity contribution in [2.75, 3.05) is 39.6 Å². The molecule has 0 aromatic rings. The number of amides is 2. The fraction of sp³-hybridized carbons (Fsp3) is 0.823. The third-order valence-corrected chi connectivity index (χ3v) is 19.7. The van der Waals surface area contributed by atoms with E-state index in [0.29, 0.717) is 38.0 Å². The number of phosphoric acid groups is 1. The van der Waals surface area contributed by atoms with Crippen molar-refractivity contribution in [1.82, 2.24) is 10.6 Å². The molecule has 0 spiro atoms. The lowest BCUT2D eigenvalue weighted by Crippen LogP contribution is -2.67. The maximum absolute atomic E-state index is 14.7. The van der Waals surface area contributed by atoms with E-state index in [0.717, 1.165) is 116 Å². The average molecular weight is 1410 g/mol. The first-order valence-electron chi connectivity index (χ1n) is 39.2. The van der Waals surface area contributed by atoms with Gasteiger partial charge in [0.1, 0.15) is 48.9 Å². The van der Waals surface area contributed by atoms with E-state index in [1.54, 1.807) is 13.0 Å². The van der Waals surface area contributed by atoms with Gasteiger partial charge in [-0.15, -0.1) is 13.2 Å². The minimum Gasteiger partial charge on any atom is -0.471 e. The number of hydrogen-bond donors (Lipinski definition) is 2. The largest absolute Gasteiger partial charge is 0.509 e. The summed E-state index contributed by atoms with van der Waals surface area (Å²) in [6.07, 6.45) is 42.3. The number of carbonyl (C=O) groups is 4. The standard InChI is InChI=1S/C79H141N2O16P/c1-11-20-24-28-31-34-35-36-37-38-39-41-43-47-51-55-69(83)80-72-76(88-62-56-65(10)53-49-45-27-23-14-4)74(97-98(86,92-59-17-7)93-60-18-8)67(19-9)94-78(72)91-64-68-73(96-79(85)90-58-16-6)75(87-61-52-48-44-33-30-26-22-13-3)71(77(95-68)89-57-15-5)81-70(84)63-66(82)54-50-46-42-40-32-29-25-21-12-2/h15-18,34-35,57,65,67-68,71-78H,6-8,11-14,19-33,36-56,58-64H2,1-5,9-10H3,(H,80,83)(H,81,84)/b35-34-,57-15-/t65-,67-,68-,71-,72-,73-,74-,75-,76-,77+,78-/m1/s1. The van der Waals surface area contributed by atoms with E-state index in [-0.39, 0.29) is 70.6 Å². The van der Waals surface area contributed by atoms with Gasteiger partial charge in [0.25, 0.3) is 0 Å². The summed E-state index contributed by atoms with van der Waals surface area (Å²) in [7, 11) is -4.39. The van der Waals surface area contributed by atoms with Crippen LogP contribution in [0, 0.1) is 5.92 Å². The molecule has 2 amide bonds. The summed E-state index contributed by atoms with van der Waals surface area (Å²) in [4.78, 5) is 56.1. The number of allylic oxidation sites excluding steroid dienone is 3. The van der Waals surface area contributed by atoms with Gasteiger partial charge in [0, 0.05) is 26.1 Å². The van der Waals surface area contributed by atoms with Crippen LogP contribution in [0.25, 0.3) is 0 Å². The first kappa shape index (κ1) is 90.4. The zero-order valence-corrected chi connectivity index (χ0v) is 63.6. The van der Waals surface area contributed by atoms with E-state index < -0.39 is 81.2 Å². The second-order valence-electron chi connectivity index (χ2n) is 27.1. The second-order valence-corrected chi connectivity index (χ2v) is 28.7. The van der Waals surface area contributed by atoms with Crippen LogP contribution in [0.2, 0.25) is 0 Å². The minimum absolute atomic E-state index is 0.154. The zero-order valence-electron chi connectivity index (χ0n) is 62.7. The molecule has 11 atom stereocenters. The molecular formula is C79H141N2O16P. The van der Waals surface area contributed by atoms with Crippen LogP contribution in [0.5, 0.6) is 0 Å². The van der Waals surface area contributed by atoms with E-state index in [1.165, 1.54) is 121 Å². The molecular weight excluding hydrogens is 1260 g/mol. The van der Waals surface area contributed by atoms with Gasteiger partial charge in [0.2, 0.25) is 18.1 Å². The molecule has 2 saturated heterocycles. The predicted octanol–water partition coefficient (Wildman–Crippen LogP) is 20.2. The van der Waals surface area contributed by atoms with Gasteiger partial charge in [-0.25, -0.2) is 9.36 Å². The van der Waals surface area contributed by atoms with Gasteiger partial charge in [-0.2, -0.15) is 0 Å². The predicted molar refractivity (Wildman–Crippen MR) is 395 cm³/mol. The third kappa shape index (κ3) is 42.6. The van der Waals surface area contributed by atoms with E-state index in [9.17, 15) is 23.7 Å². The summed E-state index contributed by atoms with van der Waals surface area (Å²) in [5.41, 5.74) is 0. The second kappa shape index (κ2) is 60.8. The lowest BCUT2D eigenvalue weighted by molar-refractivity contribution is -0.301. The van der Waals surface area contributed by atoms with Gasteiger partial charge in [-0.3, -0.25) is 28.0 Å². The Morgan fingerprint density at radius 1 is 0.500 bits per heavy atom. The highest BCUT2D eigenvalue weighted by Gasteiger charge is 2.54. The molecule has 2 N–H and O–H groups in total. The van der Waals surface area contributed by atoms with Gasteiger partial charge < -0.3 is 48.5 Å². The number of hydrogen-bond acceptors (Lipinski definition) is 16. The summed E-state index contributed by atoms with van der Waals surface area (Å²) in [6.45, 7) is 25.6. The van der Waals surface area contributed by atoms with Crippen molar-refractivity contribution >= 4 is 31.6 Å². The van der Waals surface area contributed by atoms with Crippen LogP contribution in [0.3, 0.4) is 0 Å². The number of unbranched alkanes of at least 4 members (excludes halogenated alkanes) is 30. The Bertz CT molecular complexity index is 2130. The van der Waals surface area contributed by atoms with Crippen molar-refractivity contribution < 1.29 is 75.2 Å². The van der Waals surface area contributed by atoms with Crippen LogP contribution < -0.4 is 10.6 Å². The molecule has 98 heavy (non-hydrogen) atoms. The summed E-state index contributed by atoms with van der Waals surface area (Å²) < 4.78 is 85.1. The number of rotatable bonds is 66. The molecule has 2 heterocycles. The number of phosphoric ester groups is 1. The molecule has 568 valence electrons. The first-order valence-corrected chi connectivity index (χ1v) is 40.7. The lowest BCUT2D eigenvalue weighted by atomic mass is 9.94. The van der Waals surface area contributed by atoms with Crippen LogP contribution in [-0.2, 0) is 70.4 Å². The maximum atomic E-state index is 14.7. The molecule has 19 heteroatoms. The molecule has 2 rings (SSSR count). The SMILES string of the molecule is C=CCOC(=O)O[C@H]1[C@H](OCCCCCCCCCC)[C@@H](NC(=O)CC(=O)CCCCCCCCCCC)[C@@H](O/C=C\C)O[C@@H]1CO[C@@H]1O[C@H](CC)[C@@H](OP(=O)(OCC=C)OCC=C)[C@H](OCC[C@H](C)CCCCCCC)[C@H]1NC(=O)CCCCCCCCC/C=C\CCCCCC. The molecule has 0 radical (unpaired) electrons. The van der Waals surface area contributed by atoms with Gasteiger partial charge >= 0.3 is 14.0 Å². The molecule has 0 aromatic heterocycles. The topological polar surface area (TPSA) is 211 Å². The van der Waals surface area contributed by atoms with Gasteiger partial charge in [-0.05, 0) is 70.6 Å². The molecule has 0 aliphatic carbocycles. The molecule has 0 aromatic carbocycles. The van der Waals surface area contributed by atoms with Crippen molar-refractivity contribution in [2.24, 2.45) is 5.92 Å². The molecule has 0 saturated carbocycles. The smallest absolute Gasteiger partial charge is 0.471 e. The number of carbonyl (C=O) groups excluding carboxylic acids is 4. The normalized spacial score (nSPS) is 21.5. The highest BCUT2D eigenvalue weighted by Crippen LogP contribution is 2.53. The molecule has 2 aliphatic heterocycles. The van der Waals surface area contributed by atoms with Crippen molar-refractivity contribution in [3.63, 3.8) is 0 Å². The van der Waals surface area contributed by atoms with E-state index in [4.69, 9.17) is 51.5 Å². The van der Waals surface area contributed by atoms with Crippen LogP contribution >= 0.6 is 7.82 Å². The van der Waals surface area contributed by atoms with Crippen molar-refractivity contribution in [1.29, 1.82) is 0 Å². The fourth-order valence-corrected chi connectivity index (χ4v) is 13.8. The summed E-state index contributed by atoms with van der Waals surface area (Å²) in [5, 5.41) is 6.27. The van der Waals surface area contributed by atoms with Gasteiger partial charge in [0.15, 0.2) is 12.4 Å². The van der Waals surface area contributed by atoms with E-state index in [1.807, 2.05) is 6.92 Å². The monoisotopic (exact) mass is 1410 g/mol. The summed E-state index contributed by atoms with van der Waals surface area (Å²) in [6, 6.07) is -2.21. The Hall–Kier alpha value is -3.71. The van der Waals surface area contributed by atoms with E-state index in [2.05, 4.69) is 77.1 Å². The third-order valence-electron chi connectivity index (χ3n) is 18.2. The van der Waals surface area contributed by atoms with Crippen LogP contribution in [0.4, 0.5) is 4.79 Å². The van der Waals surface area contributed by atoms with Crippen LogP contribution in [0.15, 0.2) is 62.5 Å². The highest BCUT2D eigenvalue weighted by molar-refractivity contribution is 7.48. The Morgan fingerprint density at radius 3 is 1.52 bits per heavy atom. The van der Waals surface area contributed by atoms with Crippen molar-refractivity contribution in [2.45, 2.75) is 373 Å². The van der Waals surface area contributed by atoms with Crippen LogP contribution in [0.1, 0.15) is 312 Å². The highest BCUT2D eigenvalue weighted by atomic mass is 31.2. The van der Waals surface area contributed by atoms with Crippen molar-refractivity contribution in [3.8, 4) is 0 Å². The summed E-state index contributed by atoms with van der Waals surface area (Å²) in [5.74, 6) is -0.719. The lowest BCUT2D eigenvalue weighted by Gasteiger charge is -2.48. The summed E-state index contributed by atoms with van der Waals surface area (Å²) >= 11 is 0. The number of ketones is 1.